The first-order valence-corrected chi connectivity index (χ1v) is 4.98. The Hall–Kier alpha value is -0.120. The van der Waals surface area contributed by atoms with Crippen molar-refractivity contribution in [2.45, 2.75) is 31.3 Å². The van der Waals surface area contributed by atoms with Gasteiger partial charge in [-0.05, 0) is 25.8 Å². The number of fused-ring (bicyclic) bond motifs is 1. The van der Waals surface area contributed by atoms with Crippen LogP contribution >= 0.6 is 0 Å². The van der Waals surface area contributed by atoms with Crippen LogP contribution in [0, 0.1) is 0 Å². The van der Waals surface area contributed by atoms with Crippen molar-refractivity contribution in [2.24, 2.45) is 0 Å². The zero-order chi connectivity index (χ0) is 8.39. The Kier molecular flexibility index (Phi) is 2.63. The normalized spacial score (nSPS) is 36.8. The van der Waals surface area contributed by atoms with E-state index >= 15 is 0 Å². The summed E-state index contributed by atoms with van der Waals surface area (Å²) in [5, 5.41) is 12.3. The van der Waals surface area contributed by atoms with Crippen molar-refractivity contribution < 1.29 is 5.11 Å². The van der Waals surface area contributed by atoms with E-state index in [0.29, 0.717) is 12.6 Å². The molecule has 1 unspecified atom stereocenters. The summed E-state index contributed by atoms with van der Waals surface area (Å²) in [4.78, 5) is 2.57. The molecule has 2 N–H and O–H groups in total. The van der Waals surface area contributed by atoms with Crippen molar-refractivity contribution in [3.05, 3.63) is 0 Å². The van der Waals surface area contributed by atoms with Crippen LogP contribution in [0.2, 0.25) is 0 Å². The van der Waals surface area contributed by atoms with Crippen molar-refractivity contribution in [1.29, 1.82) is 0 Å². The highest BCUT2D eigenvalue weighted by molar-refractivity contribution is 4.89. The van der Waals surface area contributed by atoms with Crippen LogP contribution in [0.4, 0.5) is 0 Å². The van der Waals surface area contributed by atoms with E-state index in [-0.39, 0.29) is 0 Å². The number of hydrogen-bond acceptors (Lipinski definition) is 3. The molecular formula is C9H18N2O. The number of hydrogen-bond donors (Lipinski definition) is 2. The lowest BCUT2D eigenvalue weighted by Gasteiger charge is -2.35. The number of piperazine rings is 1. The Morgan fingerprint density at radius 3 is 3.25 bits per heavy atom. The molecule has 0 bridgehead atoms. The van der Waals surface area contributed by atoms with Gasteiger partial charge in [0.05, 0.1) is 0 Å². The SMILES string of the molecule is OCC[C@H]1CN2CCCC2CN1. The molecule has 70 valence electrons. The van der Waals surface area contributed by atoms with Gasteiger partial charge in [0.1, 0.15) is 0 Å². The van der Waals surface area contributed by atoms with Gasteiger partial charge in [-0.2, -0.15) is 0 Å². The fraction of sp³-hybridized carbons (Fsp3) is 1.00. The minimum atomic E-state index is 0.316. The first-order valence-electron chi connectivity index (χ1n) is 4.98. The van der Waals surface area contributed by atoms with Crippen LogP contribution in [0.5, 0.6) is 0 Å². The second-order valence-corrected chi connectivity index (χ2v) is 3.91. The van der Waals surface area contributed by atoms with E-state index in [0.717, 1.165) is 25.6 Å². The maximum absolute atomic E-state index is 8.80. The number of nitrogens with zero attached hydrogens (tertiary/aromatic N) is 1. The van der Waals surface area contributed by atoms with Crippen LogP contribution in [0.3, 0.4) is 0 Å². The van der Waals surface area contributed by atoms with Crippen LogP contribution < -0.4 is 5.32 Å². The third-order valence-corrected chi connectivity index (χ3v) is 3.07. The van der Waals surface area contributed by atoms with Gasteiger partial charge in [0.25, 0.3) is 0 Å². The minimum absolute atomic E-state index is 0.316. The molecule has 2 heterocycles. The van der Waals surface area contributed by atoms with E-state index in [1.54, 1.807) is 0 Å². The smallest absolute Gasteiger partial charge is 0.0446 e. The summed E-state index contributed by atoms with van der Waals surface area (Å²) in [5.74, 6) is 0. The summed E-state index contributed by atoms with van der Waals surface area (Å²) in [6.45, 7) is 3.86. The molecule has 2 aliphatic heterocycles. The van der Waals surface area contributed by atoms with Gasteiger partial charge in [0.15, 0.2) is 0 Å². The minimum Gasteiger partial charge on any atom is -0.396 e. The predicted octanol–water partition coefficient (Wildman–Crippen LogP) is -0.195. The van der Waals surface area contributed by atoms with Crippen molar-refractivity contribution >= 4 is 0 Å². The maximum Gasteiger partial charge on any atom is 0.0446 e. The average Bonchev–Trinajstić information content (AvgIpc) is 2.51. The standard InChI is InChI=1S/C9H18N2O/c12-5-3-8-7-11-4-1-2-9(11)6-10-8/h8-10,12H,1-7H2/t8-,9?/m0/s1. The fourth-order valence-electron chi connectivity index (χ4n) is 2.37. The van der Waals surface area contributed by atoms with Gasteiger partial charge in [0, 0.05) is 31.8 Å². The fourth-order valence-corrected chi connectivity index (χ4v) is 2.37. The third-order valence-electron chi connectivity index (χ3n) is 3.07. The maximum atomic E-state index is 8.80. The second-order valence-electron chi connectivity index (χ2n) is 3.91. The van der Waals surface area contributed by atoms with Gasteiger partial charge in [0.2, 0.25) is 0 Å². The van der Waals surface area contributed by atoms with E-state index in [2.05, 4.69) is 10.2 Å². The first-order chi connectivity index (χ1) is 5.90. The van der Waals surface area contributed by atoms with Crippen molar-refractivity contribution in [3.63, 3.8) is 0 Å². The molecule has 3 nitrogen and oxygen atoms in total. The number of aliphatic hydroxyl groups is 1. The van der Waals surface area contributed by atoms with Gasteiger partial charge >= 0.3 is 0 Å². The summed E-state index contributed by atoms with van der Waals surface area (Å²) in [6.07, 6.45) is 3.63. The van der Waals surface area contributed by atoms with E-state index < -0.39 is 0 Å². The van der Waals surface area contributed by atoms with Crippen molar-refractivity contribution in [3.8, 4) is 0 Å². The highest BCUT2D eigenvalue weighted by atomic mass is 16.3. The Labute approximate surface area is 73.8 Å². The van der Waals surface area contributed by atoms with Gasteiger partial charge in [-0.25, -0.2) is 0 Å². The zero-order valence-electron chi connectivity index (χ0n) is 7.50. The van der Waals surface area contributed by atoms with Crippen LogP contribution in [0.25, 0.3) is 0 Å². The monoisotopic (exact) mass is 170 g/mol. The molecule has 2 rings (SSSR count). The summed E-state index contributed by atoms with van der Waals surface area (Å²) >= 11 is 0. The van der Waals surface area contributed by atoms with Crippen molar-refractivity contribution in [1.82, 2.24) is 10.2 Å². The van der Waals surface area contributed by atoms with Crippen molar-refractivity contribution in [2.75, 3.05) is 26.2 Å². The Morgan fingerprint density at radius 1 is 1.50 bits per heavy atom. The van der Waals surface area contributed by atoms with E-state index in [1.165, 1.54) is 19.4 Å². The molecule has 3 heteroatoms. The molecular weight excluding hydrogens is 152 g/mol. The first kappa shape index (κ1) is 8.48. The molecule has 0 spiro atoms. The molecule has 2 atom stereocenters. The molecule has 2 fully saturated rings. The van der Waals surface area contributed by atoms with Crippen LogP contribution in [-0.4, -0.2) is 48.3 Å². The van der Waals surface area contributed by atoms with Gasteiger partial charge in [-0.15, -0.1) is 0 Å². The van der Waals surface area contributed by atoms with Gasteiger partial charge in [-0.1, -0.05) is 0 Å². The Morgan fingerprint density at radius 2 is 2.42 bits per heavy atom. The van der Waals surface area contributed by atoms with E-state index in [4.69, 9.17) is 5.11 Å². The molecule has 0 aromatic heterocycles. The quantitative estimate of drug-likeness (QED) is 0.603. The van der Waals surface area contributed by atoms with E-state index in [1.807, 2.05) is 0 Å². The van der Waals surface area contributed by atoms with Crippen LogP contribution in [0.15, 0.2) is 0 Å². The molecule has 2 aliphatic rings. The highest BCUT2D eigenvalue weighted by Gasteiger charge is 2.30. The predicted molar refractivity (Wildman–Crippen MR) is 48.1 cm³/mol. The number of rotatable bonds is 2. The summed E-state index contributed by atoms with van der Waals surface area (Å²) in [6, 6.07) is 1.32. The number of aliphatic hydroxyl groups excluding tert-OH is 1. The molecule has 0 aromatic carbocycles. The molecule has 2 saturated heterocycles. The molecule has 0 amide bonds. The number of nitrogens with one attached hydrogen (secondary N) is 1. The Balaban J connectivity index is 1.84. The van der Waals surface area contributed by atoms with Gasteiger partial charge < -0.3 is 10.4 Å². The van der Waals surface area contributed by atoms with Crippen LogP contribution in [0.1, 0.15) is 19.3 Å². The lowest BCUT2D eigenvalue weighted by atomic mass is 10.1. The largest absolute Gasteiger partial charge is 0.396 e. The third kappa shape index (κ3) is 1.63. The molecule has 0 radical (unpaired) electrons. The molecule has 0 aromatic rings. The molecule has 12 heavy (non-hydrogen) atoms. The van der Waals surface area contributed by atoms with Crippen LogP contribution in [-0.2, 0) is 0 Å². The summed E-state index contributed by atoms with van der Waals surface area (Å²) in [5.41, 5.74) is 0. The summed E-state index contributed by atoms with van der Waals surface area (Å²) < 4.78 is 0. The molecule has 0 saturated carbocycles. The topological polar surface area (TPSA) is 35.5 Å². The second kappa shape index (κ2) is 3.73. The lowest BCUT2D eigenvalue weighted by Crippen LogP contribution is -2.53. The highest BCUT2D eigenvalue weighted by Crippen LogP contribution is 2.20. The lowest BCUT2D eigenvalue weighted by molar-refractivity contribution is 0.152. The van der Waals surface area contributed by atoms with Gasteiger partial charge in [-0.3, -0.25) is 4.90 Å². The average molecular weight is 170 g/mol. The van der Waals surface area contributed by atoms with E-state index in [9.17, 15) is 0 Å². The zero-order valence-corrected chi connectivity index (χ0v) is 7.50. The Bertz CT molecular complexity index is 151. The summed E-state index contributed by atoms with van der Waals surface area (Å²) in [7, 11) is 0. The molecule has 0 aliphatic carbocycles.